The molecule has 0 aliphatic rings. The lowest BCUT2D eigenvalue weighted by molar-refractivity contribution is 0.159. The molecule has 108 valence electrons. The van der Waals surface area contributed by atoms with Crippen LogP contribution in [0.2, 0.25) is 0 Å². The van der Waals surface area contributed by atoms with Crippen LogP contribution in [0.25, 0.3) is 5.69 Å². The molecule has 1 aromatic carbocycles. The normalized spacial score (nSPS) is 12.8. The van der Waals surface area contributed by atoms with Gasteiger partial charge in [0.15, 0.2) is 0 Å². The van der Waals surface area contributed by atoms with Crippen molar-refractivity contribution in [3.63, 3.8) is 0 Å². The Labute approximate surface area is 120 Å². The van der Waals surface area contributed by atoms with Gasteiger partial charge < -0.3 is 10.0 Å². The van der Waals surface area contributed by atoms with Gasteiger partial charge in [0.25, 0.3) is 0 Å². The summed E-state index contributed by atoms with van der Waals surface area (Å²) in [5.74, 6) is 0. The molecule has 20 heavy (non-hydrogen) atoms. The maximum atomic E-state index is 10.3. The van der Waals surface area contributed by atoms with Crippen molar-refractivity contribution in [2.75, 3.05) is 20.6 Å². The summed E-state index contributed by atoms with van der Waals surface area (Å²) in [5.41, 5.74) is 2.96. The predicted octanol–water partition coefficient (Wildman–Crippen LogP) is 2.56. The maximum Gasteiger partial charge on any atom is 0.0823 e. The van der Waals surface area contributed by atoms with E-state index in [-0.39, 0.29) is 0 Å². The summed E-state index contributed by atoms with van der Waals surface area (Å²) in [4.78, 5) is 2.13. The molecule has 0 spiro atoms. The Morgan fingerprint density at radius 2 is 1.95 bits per heavy atom. The summed E-state index contributed by atoms with van der Waals surface area (Å²) in [6.07, 6.45) is 3.08. The van der Waals surface area contributed by atoms with Gasteiger partial charge in [-0.05, 0) is 52.5 Å². The Morgan fingerprint density at radius 3 is 2.60 bits per heavy atom. The van der Waals surface area contributed by atoms with Gasteiger partial charge in [0.05, 0.1) is 18.0 Å². The highest BCUT2D eigenvalue weighted by Gasteiger charge is 2.15. The van der Waals surface area contributed by atoms with Gasteiger partial charge in [0.2, 0.25) is 0 Å². The fourth-order valence-corrected chi connectivity index (χ4v) is 2.34. The quantitative estimate of drug-likeness (QED) is 0.879. The standard InChI is InChI=1S/C16H23N3O/c1-13-15(16(20)10-7-11-18(2)3)12-17-19(13)14-8-5-4-6-9-14/h4-6,8-9,12,16,20H,7,10-11H2,1-3H3. The Hall–Kier alpha value is -1.65. The van der Waals surface area contributed by atoms with Gasteiger partial charge in [-0.15, -0.1) is 0 Å². The minimum atomic E-state index is -0.438. The lowest BCUT2D eigenvalue weighted by Crippen LogP contribution is -2.14. The molecule has 0 saturated heterocycles. The maximum absolute atomic E-state index is 10.3. The van der Waals surface area contributed by atoms with Crippen LogP contribution in [0.4, 0.5) is 0 Å². The average Bonchev–Trinajstić information content (AvgIpc) is 2.81. The second-order valence-corrected chi connectivity index (χ2v) is 5.39. The topological polar surface area (TPSA) is 41.3 Å². The van der Waals surface area contributed by atoms with Crippen LogP contribution in [-0.2, 0) is 0 Å². The molecule has 1 unspecified atom stereocenters. The van der Waals surface area contributed by atoms with Gasteiger partial charge in [-0.25, -0.2) is 4.68 Å². The van der Waals surface area contributed by atoms with E-state index >= 15 is 0 Å². The molecule has 0 bridgehead atoms. The van der Waals surface area contributed by atoms with E-state index in [1.54, 1.807) is 6.20 Å². The monoisotopic (exact) mass is 273 g/mol. The van der Waals surface area contributed by atoms with E-state index in [0.29, 0.717) is 0 Å². The van der Waals surface area contributed by atoms with Crippen molar-refractivity contribution in [3.05, 3.63) is 47.8 Å². The lowest BCUT2D eigenvalue weighted by Gasteiger charge is -2.13. The van der Waals surface area contributed by atoms with Crippen LogP contribution in [0.1, 0.15) is 30.2 Å². The predicted molar refractivity (Wildman–Crippen MR) is 81.0 cm³/mol. The van der Waals surface area contributed by atoms with Crippen molar-refractivity contribution in [1.82, 2.24) is 14.7 Å². The number of aliphatic hydroxyl groups excluding tert-OH is 1. The first kappa shape index (κ1) is 14.8. The minimum absolute atomic E-state index is 0.438. The number of benzene rings is 1. The second kappa shape index (κ2) is 6.68. The van der Waals surface area contributed by atoms with Crippen molar-refractivity contribution in [2.24, 2.45) is 0 Å². The van der Waals surface area contributed by atoms with Crippen LogP contribution >= 0.6 is 0 Å². The zero-order chi connectivity index (χ0) is 14.5. The molecule has 1 aromatic heterocycles. The average molecular weight is 273 g/mol. The molecular weight excluding hydrogens is 250 g/mol. The second-order valence-electron chi connectivity index (χ2n) is 5.39. The van der Waals surface area contributed by atoms with E-state index in [0.717, 1.165) is 36.3 Å². The lowest BCUT2D eigenvalue weighted by atomic mass is 10.1. The molecule has 0 saturated carbocycles. The van der Waals surface area contributed by atoms with Gasteiger partial charge in [-0.2, -0.15) is 5.10 Å². The van der Waals surface area contributed by atoms with Crippen molar-refractivity contribution >= 4 is 0 Å². The number of nitrogens with zero attached hydrogens (tertiary/aromatic N) is 3. The van der Waals surface area contributed by atoms with E-state index in [1.165, 1.54) is 0 Å². The van der Waals surface area contributed by atoms with Gasteiger partial charge in [-0.1, -0.05) is 18.2 Å². The van der Waals surface area contributed by atoms with Crippen molar-refractivity contribution in [3.8, 4) is 5.69 Å². The van der Waals surface area contributed by atoms with Crippen LogP contribution in [0.5, 0.6) is 0 Å². The van der Waals surface area contributed by atoms with Crippen LogP contribution in [0, 0.1) is 6.92 Å². The molecule has 0 aliphatic carbocycles. The highest BCUT2D eigenvalue weighted by atomic mass is 16.3. The Kier molecular flexibility index (Phi) is 4.93. The first-order valence-corrected chi connectivity index (χ1v) is 7.02. The fraction of sp³-hybridized carbons (Fsp3) is 0.438. The molecule has 0 fully saturated rings. The summed E-state index contributed by atoms with van der Waals surface area (Å²) in [5, 5.41) is 14.7. The molecule has 4 nitrogen and oxygen atoms in total. The Bertz CT molecular complexity index is 534. The van der Waals surface area contributed by atoms with Gasteiger partial charge in [0, 0.05) is 11.3 Å². The van der Waals surface area contributed by atoms with E-state index in [9.17, 15) is 5.11 Å². The summed E-state index contributed by atoms with van der Waals surface area (Å²) < 4.78 is 1.88. The summed E-state index contributed by atoms with van der Waals surface area (Å²) in [6, 6.07) is 10.00. The first-order valence-electron chi connectivity index (χ1n) is 7.02. The third-order valence-corrected chi connectivity index (χ3v) is 3.49. The molecule has 0 aliphatic heterocycles. The Morgan fingerprint density at radius 1 is 1.25 bits per heavy atom. The zero-order valence-electron chi connectivity index (χ0n) is 12.5. The van der Waals surface area contributed by atoms with Crippen molar-refractivity contribution in [2.45, 2.75) is 25.9 Å². The molecule has 0 amide bonds. The van der Waals surface area contributed by atoms with E-state index < -0.39 is 6.10 Å². The number of aliphatic hydroxyl groups is 1. The van der Waals surface area contributed by atoms with Gasteiger partial charge in [-0.3, -0.25) is 0 Å². The molecule has 0 radical (unpaired) electrons. The molecule has 2 rings (SSSR count). The number of hydrogen-bond acceptors (Lipinski definition) is 3. The Balaban J connectivity index is 2.09. The largest absolute Gasteiger partial charge is 0.388 e. The number of aromatic nitrogens is 2. The fourth-order valence-electron chi connectivity index (χ4n) is 2.34. The zero-order valence-corrected chi connectivity index (χ0v) is 12.5. The highest BCUT2D eigenvalue weighted by molar-refractivity contribution is 5.35. The molecule has 1 N–H and O–H groups in total. The smallest absolute Gasteiger partial charge is 0.0823 e. The van der Waals surface area contributed by atoms with E-state index in [1.807, 2.05) is 56.0 Å². The van der Waals surface area contributed by atoms with Crippen molar-refractivity contribution in [1.29, 1.82) is 0 Å². The third-order valence-electron chi connectivity index (χ3n) is 3.49. The molecular formula is C16H23N3O. The molecule has 1 atom stereocenters. The number of para-hydroxylation sites is 1. The molecule has 1 heterocycles. The van der Waals surface area contributed by atoms with E-state index in [4.69, 9.17) is 0 Å². The third kappa shape index (κ3) is 3.46. The molecule has 4 heteroatoms. The SMILES string of the molecule is Cc1c(C(O)CCCN(C)C)cnn1-c1ccccc1. The number of rotatable bonds is 6. The first-order chi connectivity index (χ1) is 9.59. The minimum Gasteiger partial charge on any atom is -0.388 e. The van der Waals surface area contributed by atoms with Crippen molar-refractivity contribution < 1.29 is 5.11 Å². The van der Waals surface area contributed by atoms with Crippen LogP contribution in [-0.4, -0.2) is 40.4 Å². The van der Waals surface area contributed by atoms with Gasteiger partial charge in [0.1, 0.15) is 0 Å². The van der Waals surface area contributed by atoms with E-state index in [2.05, 4.69) is 10.00 Å². The van der Waals surface area contributed by atoms with Gasteiger partial charge >= 0.3 is 0 Å². The van der Waals surface area contributed by atoms with Crippen LogP contribution in [0.3, 0.4) is 0 Å². The molecule has 2 aromatic rings. The summed E-state index contributed by atoms with van der Waals surface area (Å²) in [6.45, 7) is 2.99. The summed E-state index contributed by atoms with van der Waals surface area (Å²) in [7, 11) is 4.09. The van der Waals surface area contributed by atoms with Crippen LogP contribution < -0.4 is 0 Å². The highest BCUT2D eigenvalue weighted by Crippen LogP contribution is 2.23. The van der Waals surface area contributed by atoms with Crippen LogP contribution in [0.15, 0.2) is 36.5 Å². The number of hydrogen-bond donors (Lipinski definition) is 1. The summed E-state index contributed by atoms with van der Waals surface area (Å²) >= 11 is 0.